The van der Waals surface area contributed by atoms with Crippen molar-refractivity contribution in [3.8, 4) is 0 Å². The Hall–Kier alpha value is -0.0431. The summed E-state index contributed by atoms with van der Waals surface area (Å²) < 4.78 is 0. The maximum absolute atomic E-state index is 4.10. The average Bonchev–Trinajstić information content (AvgIpc) is 1.92. The van der Waals surface area contributed by atoms with Crippen LogP contribution in [0.3, 0.4) is 0 Å². The molecule has 0 N–H and O–H groups in total. The molecule has 0 atom stereocenters. The van der Waals surface area contributed by atoms with Gasteiger partial charge in [0.1, 0.15) is 0 Å². The first-order valence-electron chi connectivity index (χ1n) is 4.29. The molecule has 0 aliphatic rings. The zero-order valence-electron chi connectivity index (χ0n) is 7.83. The van der Waals surface area contributed by atoms with Crippen molar-refractivity contribution in [1.29, 1.82) is 0 Å². The van der Waals surface area contributed by atoms with Crippen molar-refractivity contribution in [1.82, 2.24) is 0 Å². The van der Waals surface area contributed by atoms with Crippen LogP contribution in [0.2, 0.25) is 18.1 Å². The summed E-state index contributed by atoms with van der Waals surface area (Å²) in [5.41, 5.74) is 0. The molecule has 10 heavy (non-hydrogen) atoms. The van der Waals surface area contributed by atoms with Crippen molar-refractivity contribution in [3.63, 3.8) is 0 Å². The first-order chi connectivity index (χ1) is 4.63. The highest BCUT2D eigenvalue weighted by Gasteiger charge is 2.26. The minimum absolute atomic E-state index is 0.989. The Morgan fingerprint density at radius 1 is 1.10 bits per heavy atom. The highest BCUT2D eigenvalue weighted by atomic mass is 28.3. The third-order valence-corrected chi connectivity index (χ3v) is 8.81. The van der Waals surface area contributed by atoms with Gasteiger partial charge in [0.15, 0.2) is 0 Å². The number of allylic oxidation sites excluding steroid dienone is 1. The fourth-order valence-corrected chi connectivity index (χ4v) is 4.97. The Morgan fingerprint density at radius 2 is 1.40 bits per heavy atom. The molecule has 60 valence electrons. The smallest absolute Gasteiger partial charge is 0.0796 e. The topological polar surface area (TPSA) is 0 Å². The van der Waals surface area contributed by atoms with Crippen LogP contribution in [-0.2, 0) is 0 Å². The van der Waals surface area contributed by atoms with Crippen LogP contribution in [-0.4, -0.2) is 8.07 Å². The Bertz CT molecular complexity index is 104. The van der Waals surface area contributed by atoms with Crippen LogP contribution < -0.4 is 0 Å². The van der Waals surface area contributed by atoms with E-state index in [4.69, 9.17) is 0 Å². The molecule has 0 rings (SSSR count). The molecule has 0 aromatic rings. The second kappa shape index (κ2) is 3.97. The van der Waals surface area contributed by atoms with Gasteiger partial charge >= 0.3 is 0 Å². The van der Waals surface area contributed by atoms with Gasteiger partial charge in [-0.25, -0.2) is 0 Å². The van der Waals surface area contributed by atoms with Gasteiger partial charge in [-0.15, -0.1) is 6.58 Å². The molecule has 0 nitrogen and oxygen atoms in total. The molecule has 0 aliphatic heterocycles. The predicted molar refractivity (Wildman–Crippen MR) is 52.0 cm³/mol. The lowest BCUT2D eigenvalue weighted by Gasteiger charge is -2.28. The van der Waals surface area contributed by atoms with E-state index in [-0.39, 0.29) is 0 Å². The summed E-state index contributed by atoms with van der Waals surface area (Å²) in [5, 5.41) is 1.49. The van der Waals surface area contributed by atoms with Crippen LogP contribution in [0, 0.1) is 0 Å². The molecular formula is C9H20Si. The highest BCUT2D eigenvalue weighted by molar-refractivity contribution is 6.86. The van der Waals surface area contributed by atoms with Crippen molar-refractivity contribution in [2.24, 2.45) is 0 Å². The van der Waals surface area contributed by atoms with E-state index in [2.05, 4.69) is 34.3 Å². The van der Waals surface area contributed by atoms with Gasteiger partial charge in [0.2, 0.25) is 0 Å². The van der Waals surface area contributed by atoms with Gasteiger partial charge in [-0.1, -0.05) is 44.1 Å². The van der Waals surface area contributed by atoms with E-state index in [1.54, 1.807) is 0 Å². The standard InChI is InChI=1S/C9H20Si/c1-6-10(7-2,8-3)9(4)5/h4,6-8H2,1-3,5H3. The summed E-state index contributed by atoms with van der Waals surface area (Å²) in [7, 11) is -0.989. The third-order valence-electron chi connectivity index (χ3n) is 2.94. The van der Waals surface area contributed by atoms with Crippen LogP contribution in [0.25, 0.3) is 0 Å². The monoisotopic (exact) mass is 156 g/mol. The fraction of sp³-hybridized carbons (Fsp3) is 0.778. The van der Waals surface area contributed by atoms with Crippen molar-refractivity contribution in [3.05, 3.63) is 11.8 Å². The minimum atomic E-state index is -0.989. The second-order valence-corrected chi connectivity index (χ2v) is 8.66. The fourth-order valence-electron chi connectivity index (χ4n) is 1.66. The van der Waals surface area contributed by atoms with Gasteiger partial charge in [-0.3, -0.25) is 0 Å². The largest absolute Gasteiger partial charge is 0.104 e. The lowest BCUT2D eigenvalue weighted by Crippen LogP contribution is -2.32. The van der Waals surface area contributed by atoms with Crippen LogP contribution >= 0.6 is 0 Å². The maximum atomic E-state index is 4.10. The Morgan fingerprint density at radius 3 is 1.40 bits per heavy atom. The van der Waals surface area contributed by atoms with Crippen LogP contribution in [0.4, 0.5) is 0 Å². The zero-order valence-corrected chi connectivity index (χ0v) is 8.83. The summed E-state index contributed by atoms with van der Waals surface area (Å²) in [6, 6.07) is 4.11. The van der Waals surface area contributed by atoms with E-state index in [9.17, 15) is 0 Å². The first kappa shape index (κ1) is 9.96. The van der Waals surface area contributed by atoms with Gasteiger partial charge in [-0.2, -0.15) is 0 Å². The SMILES string of the molecule is C=C(C)[Si](CC)(CC)CC. The van der Waals surface area contributed by atoms with Gasteiger partial charge in [-0.05, 0) is 6.92 Å². The average molecular weight is 156 g/mol. The molecule has 0 amide bonds. The third kappa shape index (κ3) is 1.72. The molecule has 0 spiro atoms. The quantitative estimate of drug-likeness (QED) is 0.545. The van der Waals surface area contributed by atoms with E-state index >= 15 is 0 Å². The lowest BCUT2D eigenvalue weighted by atomic mass is 10.7. The molecule has 0 saturated carbocycles. The zero-order chi connectivity index (χ0) is 8.20. The summed E-state index contributed by atoms with van der Waals surface area (Å²) in [6.07, 6.45) is 0. The van der Waals surface area contributed by atoms with Crippen molar-refractivity contribution in [2.75, 3.05) is 0 Å². The van der Waals surface area contributed by atoms with E-state index in [1.807, 2.05) is 0 Å². The van der Waals surface area contributed by atoms with Gasteiger partial charge in [0.25, 0.3) is 0 Å². The molecule has 0 heterocycles. The van der Waals surface area contributed by atoms with Crippen molar-refractivity contribution < 1.29 is 0 Å². The van der Waals surface area contributed by atoms with E-state index < -0.39 is 8.07 Å². The maximum Gasteiger partial charge on any atom is 0.0796 e. The molecule has 0 aromatic heterocycles. The molecular weight excluding hydrogens is 136 g/mol. The van der Waals surface area contributed by atoms with Crippen molar-refractivity contribution >= 4 is 8.07 Å². The van der Waals surface area contributed by atoms with Gasteiger partial charge < -0.3 is 0 Å². The van der Waals surface area contributed by atoms with E-state index in [1.165, 1.54) is 23.3 Å². The summed E-state index contributed by atoms with van der Waals surface area (Å²) >= 11 is 0. The Kier molecular flexibility index (Phi) is 3.95. The molecule has 0 aromatic carbocycles. The normalized spacial score (nSPS) is 11.6. The molecule has 0 bridgehead atoms. The van der Waals surface area contributed by atoms with E-state index in [0.717, 1.165) is 0 Å². The summed E-state index contributed by atoms with van der Waals surface area (Å²) in [4.78, 5) is 0. The molecule has 0 radical (unpaired) electrons. The Labute approximate surface area is 66.4 Å². The highest BCUT2D eigenvalue weighted by Crippen LogP contribution is 2.26. The number of hydrogen-bond acceptors (Lipinski definition) is 0. The van der Waals surface area contributed by atoms with Crippen LogP contribution in [0.5, 0.6) is 0 Å². The predicted octanol–water partition coefficient (Wildman–Crippen LogP) is 3.61. The van der Waals surface area contributed by atoms with Crippen LogP contribution in [0.15, 0.2) is 11.8 Å². The molecule has 0 saturated heterocycles. The molecule has 0 fully saturated rings. The number of hydrogen-bond donors (Lipinski definition) is 0. The molecule has 0 unspecified atom stereocenters. The van der Waals surface area contributed by atoms with Crippen LogP contribution in [0.1, 0.15) is 27.7 Å². The lowest BCUT2D eigenvalue weighted by molar-refractivity contribution is 1.17. The minimum Gasteiger partial charge on any atom is -0.104 e. The van der Waals surface area contributed by atoms with Gasteiger partial charge in [0, 0.05) is 0 Å². The summed E-state index contributed by atoms with van der Waals surface area (Å²) in [6.45, 7) is 13.3. The first-order valence-corrected chi connectivity index (χ1v) is 6.91. The molecule has 0 aliphatic carbocycles. The van der Waals surface area contributed by atoms with E-state index in [0.29, 0.717) is 0 Å². The Balaban J connectivity index is 4.31. The second-order valence-electron chi connectivity index (χ2n) is 3.12. The number of rotatable bonds is 4. The van der Waals surface area contributed by atoms with Gasteiger partial charge in [0.05, 0.1) is 8.07 Å². The van der Waals surface area contributed by atoms with Crippen molar-refractivity contribution in [2.45, 2.75) is 45.8 Å². The summed E-state index contributed by atoms with van der Waals surface area (Å²) in [5.74, 6) is 0. The molecule has 1 heteroatoms.